The van der Waals surface area contributed by atoms with Gasteiger partial charge >= 0.3 is 5.97 Å². The number of nitrogens with zero attached hydrogens (tertiary/aromatic N) is 3. The fraction of sp³-hybridized carbons (Fsp3) is 0.250. The first-order valence-corrected chi connectivity index (χ1v) is 10.5. The minimum atomic E-state index is -0.751. The van der Waals surface area contributed by atoms with Crippen LogP contribution in [0.2, 0.25) is 0 Å². The molecule has 33 heavy (non-hydrogen) atoms. The van der Waals surface area contributed by atoms with Crippen molar-refractivity contribution in [1.29, 1.82) is 0 Å². The second kappa shape index (κ2) is 9.23. The lowest BCUT2D eigenvalue weighted by atomic mass is 10.1. The summed E-state index contributed by atoms with van der Waals surface area (Å²) in [5, 5.41) is 0. The number of ether oxygens (including phenoxy) is 1. The van der Waals surface area contributed by atoms with Gasteiger partial charge in [-0.25, -0.2) is 9.18 Å². The first kappa shape index (κ1) is 22.2. The fourth-order valence-electron chi connectivity index (χ4n) is 3.88. The van der Waals surface area contributed by atoms with Gasteiger partial charge in [-0.2, -0.15) is 0 Å². The van der Waals surface area contributed by atoms with Gasteiger partial charge in [0.15, 0.2) is 6.61 Å². The standard InChI is InChI=1S/C24H22FN3O5/c1-2-9-28-22(30)19-8-3-16(14-20(19)23(28)31)24(32)33-15-21(29)27-12-10-26(11-13-27)18-6-4-17(25)5-7-18/h2-8,14H,1,9-13,15H2. The number of carbonyl (C=O) groups is 4. The first-order chi connectivity index (χ1) is 15.9. The van der Waals surface area contributed by atoms with Crippen LogP contribution in [0.4, 0.5) is 10.1 Å². The zero-order chi connectivity index (χ0) is 23.5. The molecule has 0 N–H and O–H groups in total. The molecule has 4 rings (SSSR count). The molecule has 3 amide bonds. The first-order valence-electron chi connectivity index (χ1n) is 10.5. The molecule has 170 valence electrons. The molecule has 0 unspecified atom stereocenters. The highest BCUT2D eigenvalue weighted by molar-refractivity contribution is 6.22. The summed E-state index contributed by atoms with van der Waals surface area (Å²) in [6, 6.07) is 10.3. The summed E-state index contributed by atoms with van der Waals surface area (Å²) in [6.07, 6.45) is 1.45. The summed E-state index contributed by atoms with van der Waals surface area (Å²) in [7, 11) is 0. The van der Waals surface area contributed by atoms with Gasteiger partial charge in [-0.1, -0.05) is 6.08 Å². The topological polar surface area (TPSA) is 87.2 Å². The van der Waals surface area contributed by atoms with Crippen molar-refractivity contribution in [2.75, 3.05) is 44.2 Å². The second-order valence-corrected chi connectivity index (χ2v) is 7.69. The molecule has 0 atom stereocenters. The number of esters is 1. The molecule has 1 saturated heterocycles. The molecule has 2 aliphatic heterocycles. The van der Waals surface area contributed by atoms with Gasteiger partial charge in [0.2, 0.25) is 0 Å². The molecule has 2 aliphatic rings. The van der Waals surface area contributed by atoms with Crippen molar-refractivity contribution in [3.05, 3.63) is 77.6 Å². The number of hydrogen-bond acceptors (Lipinski definition) is 6. The zero-order valence-electron chi connectivity index (χ0n) is 17.8. The molecule has 0 aromatic heterocycles. The maximum absolute atomic E-state index is 13.1. The van der Waals surface area contributed by atoms with Crippen molar-refractivity contribution in [2.24, 2.45) is 0 Å². The van der Waals surface area contributed by atoms with Crippen molar-refractivity contribution < 1.29 is 28.3 Å². The van der Waals surface area contributed by atoms with Gasteiger partial charge in [-0.3, -0.25) is 19.3 Å². The number of carbonyl (C=O) groups excluding carboxylic acids is 4. The fourth-order valence-corrected chi connectivity index (χ4v) is 3.88. The smallest absolute Gasteiger partial charge is 0.338 e. The van der Waals surface area contributed by atoms with E-state index >= 15 is 0 Å². The molecule has 2 aromatic carbocycles. The Labute approximate surface area is 189 Å². The molecule has 2 aromatic rings. The van der Waals surface area contributed by atoms with E-state index in [4.69, 9.17) is 4.74 Å². The summed E-state index contributed by atoms with van der Waals surface area (Å²) in [4.78, 5) is 54.3. The average molecular weight is 451 g/mol. The highest BCUT2D eigenvalue weighted by atomic mass is 19.1. The Morgan fingerprint density at radius 3 is 2.30 bits per heavy atom. The Balaban J connectivity index is 1.31. The predicted molar refractivity (Wildman–Crippen MR) is 117 cm³/mol. The number of anilines is 1. The van der Waals surface area contributed by atoms with Crippen LogP contribution < -0.4 is 4.90 Å². The number of piperazine rings is 1. The Morgan fingerprint density at radius 2 is 1.64 bits per heavy atom. The molecule has 8 nitrogen and oxygen atoms in total. The van der Waals surface area contributed by atoms with Gasteiger partial charge in [-0.15, -0.1) is 6.58 Å². The van der Waals surface area contributed by atoms with E-state index in [1.165, 1.54) is 36.4 Å². The van der Waals surface area contributed by atoms with Gasteiger partial charge in [0, 0.05) is 38.4 Å². The van der Waals surface area contributed by atoms with Gasteiger partial charge in [0.1, 0.15) is 5.82 Å². The van der Waals surface area contributed by atoms with Crippen LogP contribution in [-0.4, -0.2) is 72.8 Å². The van der Waals surface area contributed by atoms with Crippen LogP contribution in [0.5, 0.6) is 0 Å². The van der Waals surface area contributed by atoms with E-state index in [2.05, 4.69) is 6.58 Å². The number of halogens is 1. The highest BCUT2D eigenvalue weighted by Gasteiger charge is 2.35. The summed E-state index contributed by atoms with van der Waals surface area (Å²) in [5.41, 5.74) is 1.31. The molecular formula is C24H22FN3O5. The Bertz CT molecular complexity index is 1120. The molecule has 0 bridgehead atoms. The lowest BCUT2D eigenvalue weighted by molar-refractivity contribution is -0.134. The van der Waals surface area contributed by atoms with Crippen molar-refractivity contribution in [3.63, 3.8) is 0 Å². The Morgan fingerprint density at radius 1 is 0.970 bits per heavy atom. The lowest BCUT2D eigenvalue weighted by Crippen LogP contribution is -2.49. The van der Waals surface area contributed by atoms with E-state index in [1.54, 1.807) is 17.0 Å². The van der Waals surface area contributed by atoms with Crippen LogP contribution in [0.3, 0.4) is 0 Å². The minimum Gasteiger partial charge on any atom is -0.452 e. The molecule has 9 heteroatoms. The number of imide groups is 1. The van der Waals surface area contributed by atoms with Gasteiger partial charge in [0.25, 0.3) is 17.7 Å². The minimum absolute atomic E-state index is 0.0784. The van der Waals surface area contributed by atoms with Crippen molar-refractivity contribution in [1.82, 2.24) is 9.80 Å². The van der Waals surface area contributed by atoms with Crippen molar-refractivity contribution in [3.8, 4) is 0 Å². The van der Waals surface area contributed by atoms with E-state index in [-0.39, 0.29) is 35.0 Å². The highest BCUT2D eigenvalue weighted by Crippen LogP contribution is 2.24. The second-order valence-electron chi connectivity index (χ2n) is 7.69. The zero-order valence-corrected chi connectivity index (χ0v) is 17.8. The SMILES string of the molecule is C=CCN1C(=O)c2ccc(C(=O)OCC(=O)N3CCN(c4ccc(F)cc4)CC3)cc2C1=O. The Kier molecular flexibility index (Phi) is 6.21. The lowest BCUT2D eigenvalue weighted by Gasteiger charge is -2.36. The van der Waals surface area contributed by atoms with Crippen molar-refractivity contribution in [2.45, 2.75) is 0 Å². The van der Waals surface area contributed by atoms with E-state index in [1.807, 2.05) is 4.90 Å². The summed E-state index contributed by atoms with van der Waals surface area (Å²) in [5.74, 6) is -2.32. The van der Waals surface area contributed by atoms with E-state index in [9.17, 15) is 23.6 Å². The monoisotopic (exact) mass is 451 g/mol. The van der Waals surface area contributed by atoms with E-state index in [0.717, 1.165) is 10.6 Å². The average Bonchev–Trinajstić information content (AvgIpc) is 3.07. The molecule has 0 aliphatic carbocycles. The third-order valence-electron chi connectivity index (χ3n) is 5.67. The van der Waals surface area contributed by atoms with E-state index < -0.39 is 24.4 Å². The van der Waals surface area contributed by atoms with Crippen LogP contribution in [0.15, 0.2) is 55.1 Å². The third-order valence-corrected chi connectivity index (χ3v) is 5.67. The van der Waals surface area contributed by atoms with Gasteiger partial charge < -0.3 is 14.5 Å². The van der Waals surface area contributed by atoms with Crippen LogP contribution in [0.25, 0.3) is 0 Å². The van der Waals surface area contributed by atoms with Gasteiger partial charge in [0.05, 0.1) is 16.7 Å². The molecule has 0 saturated carbocycles. The van der Waals surface area contributed by atoms with Crippen LogP contribution in [-0.2, 0) is 9.53 Å². The summed E-state index contributed by atoms with van der Waals surface area (Å²) in [6.45, 7) is 5.23. The predicted octanol–water partition coefficient (Wildman–Crippen LogP) is 2.11. The van der Waals surface area contributed by atoms with E-state index in [0.29, 0.717) is 26.2 Å². The van der Waals surface area contributed by atoms with Crippen LogP contribution in [0, 0.1) is 5.82 Å². The molecular weight excluding hydrogens is 429 g/mol. The maximum atomic E-state index is 13.1. The van der Waals surface area contributed by atoms with Gasteiger partial charge in [-0.05, 0) is 42.5 Å². The number of benzene rings is 2. The quantitative estimate of drug-likeness (QED) is 0.380. The number of amides is 3. The maximum Gasteiger partial charge on any atom is 0.338 e. The van der Waals surface area contributed by atoms with Crippen LogP contribution in [0.1, 0.15) is 31.1 Å². The molecule has 0 radical (unpaired) electrons. The molecule has 0 spiro atoms. The molecule has 2 heterocycles. The third kappa shape index (κ3) is 4.48. The number of fused-ring (bicyclic) bond motifs is 1. The normalized spacial score (nSPS) is 15.5. The van der Waals surface area contributed by atoms with Crippen molar-refractivity contribution >= 4 is 29.4 Å². The largest absolute Gasteiger partial charge is 0.452 e. The summed E-state index contributed by atoms with van der Waals surface area (Å²) < 4.78 is 18.2. The summed E-state index contributed by atoms with van der Waals surface area (Å²) >= 11 is 0. The van der Waals surface area contributed by atoms with Crippen LogP contribution >= 0.6 is 0 Å². The number of rotatable bonds is 6. The number of hydrogen-bond donors (Lipinski definition) is 0. The Hall–Kier alpha value is -4.01. The molecule has 1 fully saturated rings.